The minimum atomic E-state index is 0. The van der Waals surface area contributed by atoms with Crippen molar-refractivity contribution in [2.45, 2.75) is 64.7 Å². The largest absolute Gasteiger partial charge is 0.197 e. The van der Waals surface area contributed by atoms with E-state index in [1.807, 2.05) is 0 Å². The molecule has 0 aromatic heterocycles. The van der Waals surface area contributed by atoms with Crippen molar-refractivity contribution >= 4 is 13.5 Å². The first-order valence-corrected chi connectivity index (χ1v) is 6.93. The summed E-state index contributed by atoms with van der Waals surface area (Å²) in [4.78, 5) is 0. The highest BCUT2D eigenvalue weighted by Crippen LogP contribution is 2.27. The van der Waals surface area contributed by atoms with Crippen LogP contribution in [0.3, 0.4) is 0 Å². The summed E-state index contributed by atoms with van der Waals surface area (Å²) in [5, 5.41) is 0. The van der Waals surface area contributed by atoms with Gasteiger partial charge in [-0.05, 0) is 24.3 Å². The molecule has 0 nitrogen and oxygen atoms in total. The van der Waals surface area contributed by atoms with Gasteiger partial charge in [0, 0.05) is 0 Å². The second kappa shape index (κ2) is 10.7. The van der Waals surface area contributed by atoms with E-state index in [2.05, 4.69) is 44.2 Å². The fraction of sp³-hybridized carbons (Fsp3) is 0.625. The van der Waals surface area contributed by atoms with Crippen molar-refractivity contribution in [3.8, 4) is 0 Å². The molecule has 1 heteroatoms. The van der Waals surface area contributed by atoms with Gasteiger partial charge in [-0.25, -0.2) is 0 Å². The van der Waals surface area contributed by atoms with E-state index in [4.69, 9.17) is 0 Å². The predicted molar refractivity (Wildman–Crippen MR) is 83.2 cm³/mol. The highest BCUT2D eigenvalue weighted by atomic mass is 32.1. The van der Waals surface area contributed by atoms with Crippen LogP contribution in [0.25, 0.3) is 0 Å². The number of unbranched alkanes of at least 4 members (excludes halogenated alkanes) is 3. The monoisotopic (exact) mass is 252 g/mol. The van der Waals surface area contributed by atoms with E-state index in [1.165, 1.54) is 44.9 Å². The number of rotatable bonds is 8. The van der Waals surface area contributed by atoms with E-state index in [0.29, 0.717) is 0 Å². The van der Waals surface area contributed by atoms with Gasteiger partial charge in [0.15, 0.2) is 0 Å². The molecular weight excluding hydrogens is 224 g/mol. The molecule has 1 atom stereocenters. The fourth-order valence-electron chi connectivity index (χ4n) is 2.29. The zero-order valence-corrected chi connectivity index (χ0v) is 12.4. The normalized spacial score (nSPS) is 11.9. The Morgan fingerprint density at radius 1 is 0.824 bits per heavy atom. The maximum Gasteiger partial charge on any atom is -0.0162 e. The maximum atomic E-state index is 2.30. The van der Waals surface area contributed by atoms with Gasteiger partial charge in [-0.15, -0.1) is 0 Å². The van der Waals surface area contributed by atoms with Gasteiger partial charge >= 0.3 is 0 Å². The Labute approximate surface area is 114 Å². The van der Waals surface area contributed by atoms with Crippen molar-refractivity contribution in [3.05, 3.63) is 35.9 Å². The molecule has 1 unspecified atom stereocenters. The molecule has 17 heavy (non-hydrogen) atoms. The van der Waals surface area contributed by atoms with Gasteiger partial charge in [-0.2, -0.15) is 13.5 Å². The van der Waals surface area contributed by atoms with Crippen LogP contribution in [0.4, 0.5) is 0 Å². The molecule has 0 bridgehead atoms. The Kier molecular flexibility index (Phi) is 10.4. The molecule has 0 saturated carbocycles. The van der Waals surface area contributed by atoms with Crippen molar-refractivity contribution in [1.29, 1.82) is 0 Å². The first kappa shape index (κ1) is 16.6. The van der Waals surface area contributed by atoms with Crippen LogP contribution in [0.1, 0.15) is 70.3 Å². The Balaban J connectivity index is 0.00000256. The summed E-state index contributed by atoms with van der Waals surface area (Å²) >= 11 is 0. The van der Waals surface area contributed by atoms with Crippen LogP contribution in [0.15, 0.2) is 30.3 Å². The molecule has 0 spiro atoms. The van der Waals surface area contributed by atoms with Gasteiger partial charge in [0.25, 0.3) is 0 Å². The van der Waals surface area contributed by atoms with Gasteiger partial charge in [0.1, 0.15) is 0 Å². The zero-order valence-electron chi connectivity index (χ0n) is 11.4. The lowest BCUT2D eigenvalue weighted by atomic mass is 9.89. The zero-order chi connectivity index (χ0) is 11.6. The lowest BCUT2D eigenvalue weighted by Crippen LogP contribution is -1.99. The Morgan fingerprint density at radius 2 is 1.41 bits per heavy atom. The quantitative estimate of drug-likeness (QED) is 0.524. The third-order valence-corrected chi connectivity index (χ3v) is 3.33. The first-order valence-electron chi connectivity index (χ1n) is 6.93. The molecule has 0 aliphatic heterocycles. The van der Waals surface area contributed by atoms with Gasteiger partial charge < -0.3 is 0 Å². The molecule has 0 amide bonds. The van der Waals surface area contributed by atoms with Crippen molar-refractivity contribution in [2.75, 3.05) is 0 Å². The number of benzene rings is 1. The third-order valence-electron chi connectivity index (χ3n) is 3.33. The molecule has 0 fully saturated rings. The van der Waals surface area contributed by atoms with Crippen molar-refractivity contribution in [3.63, 3.8) is 0 Å². The maximum absolute atomic E-state index is 2.30. The third kappa shape index (κ3) is 6.78. The van der Waals surface area contributed by atoms with Crippen LogP contribution in [0.5, 0.6) is 0 Å². The molecule has 0 N–H and O–H groups in total. The van der Waals surface area contributed by atoms with E-state index in [-0.39, 0.29) is 13.5 Å². The summed E-state index contributed by atoms with van der Waals surface area (Å²) in [5.41, 5.74) is 1.55. The highest BCUT2D eigenvalue weighted by molar-refractivity contribution is 7.59. The summed E-state index contributed by atoms with van der Waals surface area (Å²) in [6, 6.07) is 11.1. The molecule has 1 aromatic rings. The number of hydrogen-bond donors (Lipinski definition) is 0. The van der Waals surface area contributed by atoms with Gasteiger partial charge in [-0.1, -0.05) is 76.3 Å². The SMILES string of the molecule is CCCCCC(CCCC)c1ccccc1.S. The topological polar surface area (TPSA) is 0 Å². The van der Waals surface area contributed by atoms with Crippen LogP contribution in [-0.2, 0) is 0 Å². The van der Waals surface area contributed by atoms with Gasteiger partial charge in [0.2, 0.25) is 0 Å². The fourth-order valence-corrected chi connectivity index (χ4v) is 2.29. The van der Waals surface area contributed by atoms with E-state index >= 15 is 0 Å². The van der Waals surface area contributed by atoms with Crippen LogP contribution >= 0.6 is 13.5 Å². The van der Waals surface area contributed by atoms with Gasteiger partial charge in [0.05, 0.1) is 0 Å². The molecule has 0 saturated heterocycles. The van der Waals surface area contributed by atoms with Crippen LogP contribution in [0.2, 0.25) is 0 Å². The van der Waals surface area contributed by atoms with E-state index < -0.39 is 0 Å². The Hall–Kier alpha value is -0.430. The Bertz CT molecular complexity index is 255. The Morgan fingerprint density at radius 3 is 2.00 bits per heavy atom. The average molecular weight is 252 g/mol. The second-order valence-corrected chi connectivity index (χ2v) is 4.75. The van der Waals surface area contributed by atoms with E-state index in [1.54, 1.807) is 5.56 Å². The molecule has 1 aromatic carbocycles. The van der Waals surface area contributed by atoms with E-state index in [9.17, 15) is 0 Å². The lowest BCUT2D eigenvalue weighted by molar-refractivity contribution is 0.515. The number of hydrogen-bond acceptors (Lipinski definition) is 0. The molecule has 0 aliphatic rings. The molecular formula is C16H28S. The molecule has 0 heterocycles. The summed E-state index contributed by atoms with van der Waals surface area (Å²) in [5.74, 6) is 0.799. The van der Waals surface area contributed by atoms with Crippen LogP contribution in [-0.4, -0.2) is 0 Å². The molecule has 1 rings (SSSR count). The van der Waals surface area contributed by atoms with Crippen molar-refractivity contribution < 1.29 is 0 Å². The summed E-state index contributed by atoms with van der Waals surface area (Å²) in [6.07, 6.45) is 9.52. The van der Waals surface area contributed by atoms with Crippen molar-refractivity contribution in [2.24, 2.45) is 0 Å². The first-order chi connectivity index (χ1) is 7.88. The highest BCUT2D eigenvalue weighted by Gasteiger charge is 2.09. The molecule has 0 radical (unpaired) electrons. The molecule has 98 valence electrons. The van der Waals surface area contributed by atoms with Crippen LogP contribution in [0, 0.1) is 0 Å². The summed E-state index contributed by atoms with van der Waals surface area (Å²) in [6.45, 7) is 4.57. The smallest absolute Gasteiger partial charge is 0.0162 e. The standard InChI is InChI=1S/C16H26.H2S/c1-3-5-8-12-15(11-6-4-2)16-13-9-7-10-14-16;/h7,9-10,13-15H,3-6,8,11-12H2,1-2H3;1H2. The lowest BCUT2D eigenvalue weighted by Gasteiger charge is -2.16. The predicted octanol–water partition coefficient (Wildman–Crippen LogP) is 5.65. The summed E-state index contributed by atoms with van der Waals surface area (Å²) in [7, 11) is 0. The van der Waals surface area contributed by atoms with E-state index in [0.717, 1.165) is 5.92 Å². The van der Waals surface area contributed by atoms with Crippen molar-refractivity contribution in [1.82, 2.24) is 0 Å². The average Bonchev–Trinajstić information content (AvgIpc) is 2.35. The summed E-state index contributed by atoms with van der Waals surface area (Å²) < 4.78 is 0. The second-order valence-electron chi connectivity index (χ2n) is 4.75. The molecule has 0 aliphatic carbocycles. The van der Waals surface area contributed by atoms with Crippen LogP contribution < -0.4 is 0 Å². The minimum absolute atomic E-state index is 0. The minimum Gasteiger partial charge on any atom is -0.197 e. The van der Waals surface area contributed by atoms with Gasteiger partial charge in [-0.3, -0.25) is 0 Å².